The molecule has 0 heterocycles. The molecule has 0 saturated heterocycles. The number of carbonyl (C=O) groups excluding carboxylic acids is 8. The van der Waals surface area contributed by atoms with Gasteiger partial charge in [0.15, 0.2) is 0 Å². The van der Waals surface area contributed by atoms with Gasteiger partial charge in [0.25, 0.3) is 13.6 Å². The van der Waals surface area contributed by atoms with E-state index in [-0.39, 0.29) is 36.8 Å². The van der Waals surface area contributed by atoms with Crippen LogP contribution in [0.4, 0.5) is 0 Å². The summed E-state index contributed by atoms with van der Waals surface area (Å²) in [5.74, 6) is -5.06. The molecule has 0 rings (SSSR count). The van der Waals surface area contributed by atoms with E-state index >= 15 is 0 Å². The molecule has 26 heavy (non-hydrogen) atoms. The summed E-state index contributed by atoms with van der Waals surface area (Å²) in [6, 6.07) is 0. The number of aliphatic carboxylic acids is 3. The van der Waals surface area contributed by atoms with E-state index in [9.17, 15) is 44.1 Å². The second kappa shape index (κ2) is 30.3. The maximum absolute atomic E-state index is 9.83. The molecule has 0 N–H and O–H groups in total. The van der Waals surface area contributed by atoms with Crippen molar-refractivity contribution in [2.24, 2.45) is 0 Å². The van der Waals surface area contributed by atoms with Gasteiger partial charge in [-0.05, 0) is 20.8 Å². The molecule has 0 atom stereocenters. The molecule has 0 aliphatic carbocycles. The van der Waals surface area contributed by atoms with Gasteiger partial charge in [-0.25, -0.2) is 0 Å². The Morgan fingerprint density at radius 1 is 0.538 bits per heavy atom. The topological polar surface area (TPSA) is 206 Å². The third-order valence-corrected chi connectivity index (χ3v) is 1.18. The van der Waals surface area contributed by atoms with Gasteiger partial charge < -0.3 is 29.7 Å². The molecule has 0 aromatic heterocycles. The molecule has 12 heteroatoms. The molecule has 0 bridgehead atoms. The van der Waals surface area contributed by atoms with Crippen molar-refractivity contribution in [2.75, 3.05) is 0 Å². The Hall–Kier alpha value is -2.62. The molecule has 4 radical (unpaired) electrons. The Kier molecular flexibility index (Phi) is 45.2. The van der Waals surface area contributed by atoms with E-state index < -0.39 is 37.2 Å². The smallest absolute Gasteiger partial charge is 0.550 e. The van der Waals surface area contributed by atoms with Crippen LogP contribution in [0.15, 0.2) is 0 Å². The van der Waals surface area contributed by atoms with E-state index in [1.807, 2.05) is 0 Å². The first-order chi connectivity index (χ1) is 11.4. The number of hydrogen-bond donors (Lipinski definition) is 0. The number of carboxylic acids is 3. The molecular formula is C14H15O11Rh. The largest absolute Gasteiger partial charge is 3.00 e. The van der Waals surface area contributed by atoms with E-state index in [0.29, 0.717) is 0 Å². The Bertz CT molecular complexity index is 346. The second-order valence-electron chi connectivity index (χ2n) is 3.75. The molecule has 0 unspecified atom stereocenters. The average molecular weight is 462 g/mol. The summed E-state index contributed by atoms with van der Waals surface area (Å²) in [6.45, 7) is 12.6. The van der Waals surface area contributed by atoms with Gasteiger partial charge in [0.2, 0.25) is 0 Å². The molecule has 11 nitrogen and oxygen atoms in total. The number of hydrogen-bond acceptors (Lipinski definition) is 11. The van der Waals surface area contributed by atoms with Gasteiger partial charge in [0.1, 0.15) is 17.3 Å². The summed E-state index contributed by atoms with van der Waals surface area (Å²) in [6.07, 6.45) is -1.42. The fourth-order valence-electron chi connectivity index (χ4n) is 0.610. The molecule has 0 aliphatic rings. The van der Waals surface area contributed by atoms with Crippen LogP contribution in [-0.4, -0.2) is 48.8 Å². The maximum Gasteiger partial charge on any atom is 3.00 e. The number of ketones is 3. The minimum absolute atomic E-state index is 0. The van der Waals surface area contributed by atoms with Crippen molar-refractivity contribution in [3.05, 3.63) is 0 Å². The molecule has 0 amide bonds. The zero-order chi connectivity index (χ0) is 21.6. The van der Waals surface area contributed by atoms with Crippen LogP contribution in [0.3, 0.4) is 0 Å². The monoisotopic (exact) mass is 462 g/mol. The Balaban J connectivity index is -0.0000000515. The number of carboxylic acid groups (broad SMARTS) is 3. The van der Waals surface area contributed by atoms with Gasteiger partial charge in [0, 0.05) is 37.2 Å². The van der Waals surface area contributed by atoms with E-state index in [4.69, 9.17) is 9.59 Å². The Morgan fingerprint density at radius 3 is 0.654 bits per heavy atom. The van der Waals surface area contributed by atoms with Crippen molar-refractivity contribution in [1.29, 1.82) is 0 Å². The van der Waals surface area contributed by atoms with Gasteiger partial charge in [-0.1, -0.05) is 0 Å². The SMILES string of the molecule is CC(=O)CC(=O)[O-].CC(=O)CC(=O)[O-].CC(=O)CC(=O)[O-].[C]=O.[C]=O.[Rh+3]. The van der Waals surface area contributed by atoms with Crippen LogP contribution in [0.2, 0.25) is 0 Å². The molecule has 0 aliphatic heterocycles. The van der Waals surface area contributed by atoms with Crippen LogP contribution in [0.25, 0.3) is 0 Å². The molecule has 0 saturated carbocycles. The summed E-state index contributed by atoms with van der Waals surface area (Å²) < 4.78 is 0. The van der Waals surface area contributed by atoms with Crippen molar-refractivity contribution in [3.63, 3.8) is 0 Å². The zero-order valence-electron chi connectivity index (χ0n) is 13.9. The van der Waals surface area contributed by atoms with Crippen molar-refractivity contribution >= 4 is 48.8 Å². The predicted molar refractivity (Wildman–Crippen MR) is 72.3 cm³/mol. The van der Waals surface area contributed by atoms with Gasteiger partial charge in [-0.15, -0.1) is 0 Å². The van der Waals surface area contributed by atoms with Crippen molar-refractivity contribution < 1.29 is 73.2 Å². The van der Waals surface area contributed by atoms with Gasteiger partial charge in [-0.2, -0.15) is 0 Å². The third kappa shape index (κ3) is 101. The Morgan fingerprint density at radius 2 is 0.654 bits per heavy atom. The van der Waals surface area contributed by atoms with E-state index in [1.165, 1.54) is 20.8 Å². The summed E-state index contributed by atoms with van der Waals surface area (Å²) in [4.78, 5) is 72.9. The summed E-state index contributed by atoms with van der Waals surface area (Å²) >= 11 is 0. The van der Waals surface area contributed by atoms with E-state index in [0.717, 1.165) is 0 Å². The Labute approximate surface area is 162 Å². The van der Waals surface area contributed by atoms with Crippen LogP contribution >= 0.6 is 0 Å². The maximum atomic E-state index is 9.83. The minimum Gasteiger partial charge on any atom is -0.550 e. The fraction of sp³-hybridized carbons (Fsp3) is 0.429. The van der Waals surface area contributed by atoms with Gasteiger partial charge in [0.05, 0.1) is 0 Å². The van der Waals surface area contributed by atoms with Crippen molar-refractivity contribution in [3.8, 4) is 0 Å². The second-order valence-corrected chi connectivity index (χ2v) is 3.75. The summed E-state index contributed by atoms with van der Waals surface area (Å²) in [7, 11) is 0. The molecular weight excluding hydrogens is 447 g/mol. The number of carbonyl (C=O) groups is 6. The van der Waals surface area contributed by atoms with Crippen LogP contribution < -0.4 is 15.3 Å². The van der Waals surface area contributed by atoms with Gasteiger partial charge in [-0.3, -0.25) is 24.0 Å². The molecule has 146 valence electrons. The summed E-state index contributed by atoms with van der Waals surface area (Å²) in [5, 5.41) is 28.4. The predicted octanol–water partition coefficient (Wildman–Crippen LogP) is -4.65. The minimum atomic E-state index is -1.31. The van der Waals surface area contributed by atoms with Crippen LogP contribution in [-0.2, 0) is 57.8 Å². The number of Topliss-reactive ketones (excluding diaryl/α,β-unsaturated/α-hetero) is 3. The quantitative estimate of drug-likeness (QED) is 0.271. The van der Waals surface area contributed by atoms with Crippen LogP contribution in [0.5, 0.6) is 0 Å². The average Bonchev–Trinajstić information content (AvgIpc) is 2.39. The van der Waals surface area contributed by atoms with Gasteiger partial charge >= 0.3 is 19.5 Å². The molecule has 0 fully saturated rings. The van der Waals surface area contributed by atoms with Crippen molar-refractivity contribution in [1.82, 2.24) is 0 Å². The van der Waals surface area contributed by atoms with Crippen LogP contribution in [0, 0.1) is 0 Å². The molecule has 0 spiro atoms. The number of rotatable bonds is 6. The standard InChI is InChI=1S/3C4H6O3.2CO.Rh/c3*1-3(5)2-4(6)7;2*1-2;/h3*2H2,1H3,(H,6,7);;;/q;;;;;+3/p-3. The zero-order valence-corrected chi connectivity index (χ0v) is 15.6. The third-order valence-electron chi connectivity index (χ3n) is 1.18. The van der Waals surface area contributed by atoms with E-state index in [2.05, 4.69) is 13.6 Å². The van der Waals surface area contributed by atoms with E-state index in [1.54, 1.807) is 0 Å². The van der Waals surface area contributed by atoms with Crippen molar-refractivity contribution in [2.45, 2.75) is 40.0 Å². The first kappa shape index (κ1) is 38.8. The molecule has 0 aromatic carbocycles. The molecule has 0 aromatic rings. The first-order valence-electron chi connectivity index (χ1n) is 5.87. The normalized spacial score (nSPS) is 6.88. The fourth-order valence-corrected chi connectivity index (χ4v) is 0.610. The first-order valence-corrected chi connectivity index (χ1v) is 5.87. The van der Waals surface area contributed by atoms with Crippen LogP contribution in [0.1, 0.15) is 40.0 Å². The summed E-state index contributed by atoms with van der Waals surface area (Å²) in [5.41, 5.74) is 0.